The molecule has 8 heteroatoms. The highest BCUT2D eigenvalue weighted by atomic mass is 35.5. The summed E-state index contributed by atoms with van der Waals surface area (Å²) in [4.78, 5) is 7.69. The highest BCUT2D eigenvalue weighted by Gasteiger charge is 2.48. The van der Waals surface area contributed by atoms with Crippen LogP contribution in [0.25, 0.3) is 11.1 Å². The van der Waals surface area contributed by atoms with Crippen LogP contribution in [0.1, 0.15) is 12.0 Å². The van der Waals surface area contributed by atoms with Gasteiger partial charge in [0.1, 0.15) is 5.82 Å². The van der Waals surface area contributed by atoms with Crippen molar-refractivity contribution in [2.75, 3.05) is 6.54 Å². The SMILES string of the molecule is NC1=NCCC(c2cc(-c3cncc(Cl)c3)ccc2F)(C(F)F)O1. The number of nitrogens with two attached hydrogens (primary N) is 1. The largest absolute Gasteiger partial charge is 0.448 e. The quantitative estimate of drug-likeness (QED) is 0.912. The second kappa shape index (κ2) is 6.32. The Labute approximate surface area is 141 Å². The number of hydrogen-bond acceptors (Lipinski definition) is 4. The molecule has 0 saturated heterocycles. The van der Waals surface area contributed by atoms with Crippen LogP contribution in [0.2, 0.25) is 5.02 Å². The summed E-state index contributed by atoms with van der Waals surface area (Å²) >= 11 is 5.90. The second-order valence-electron chi connectivity index (χ2n) is 5.35. The molecule has 3 rings (SSSR count). The molecule has 2 heterocycles. The Bertz CT molecular complexity index is 800. The molecule has 1 unspecified atom stereocenters. The summed E-state index contributed by atoms with van der Waals surface area (Å²) in [6.07, 6.45) is -0.208. The summed E-state index contributed by atoms with van der Waals surface area (Å²) in [5.41, 5.74) is 4.08. The Hall–Kier alpha value is -2.28. The molecule has 4 nitrogen and oxygen atoms in total. The Morgan fingerprint density at radius 2 is 2.00 bits per heavy atom. The minimum absolute atomic E-state index is 0.0264. The zero-order valence-electron chi connectivity index (χ0n) is 12.3. The highest BCUT2D eigenvalue weighted by Crippen LogP contribution is 2.40. The fourth-order valence-electron chi connectivity index (χ4n) is 2.66. The van der Waals surface area contributed by atoms with Crippen molar-refractivity contribution in [3.63, 3.8) is 0 Å². The number of alkyl halides is 2. The molecule has 0 bridgehead atoms. The molecule has 2 aromatic rings. The number of ether oxygens (including phenoxy) is 1. The molecule has 2 N–H and O–H groups in total. The van der Waals surface area contributed by atoms with Gasteiger partial charge in [-0.1, -0.05) is 17.7 Å². The first kappa shape index (κ1) is 16.6. The standard InChI is InChI=1S/C16H13ClF3N3O/c17-11-5-10(7-22-8-11)9-1-2-13(18)12(6-9)16(14(19)20)3-4-23-15(21)24-16/h1-2,5-8,14H,3-4H2,(H2,21,23). The molecule has 0 amide bonds. The molecule has 0 radical (unpaired) electrons. The van der Waals surface area contributed by atoms with E-state index < -0.39 is 17.8 Å². The van der Waals surface area contributed by atoms with Gasteiger partial charge < -0.3 is 10.5 Å². The van der Waals surface area contributed by atoms with Crippen molar-refractivity contribution in [3.05, 3.63) is 53.1 Å². The molecule has 24 heavy (non-hydrogen) atoms. The van der Waals surface area contributed by atoms with E-state index in [-0.39, 0.29) is 24.6 Å². The zero-order chi connectivity index (χ0) is 17.3. The van der Waals surface area contributed by atoms with Gasteiger partial charge in [0.05, 0.1) is 5.02 Å². The zero-order valence-corrected chi connectivity index (χ0v) is 13.1. The maximum absolute atomic E-state index is 14.3. The number of rotatable bonds is 3. The van der Waals surface area contributed by atoms with E-state index in [1.807, 2.05) is 0 Å². The lowest BCUT2D eigenvalue weighted by Gasteiger charge is -2.36. The van der Waals surface area contributed by atoms with Gasteiger partial charge in [-0.05, 0) is 23.8 Å². The molecule has 126 valence electrons. The minimum atomic E-state index is -2.98. The summed E-state index contributed by atoms with van der Waals surface area (Å²) < 4.78 is 47.0. The Morgan fingerprint density at radius 1 is 1.21 bits per heavy atom. The number of nitrogens with zero attached hydrogens (tertiary/aromatic N) is 2. The molecule has 0 saturated carbocycles. The summed E-state index contributed by atoms with van der Waals surface area (Å²) in [7, 11) is 0. The first-order valence-corrected chi connectivity index (χ1v) is 7.48. The van der Waals surface area contributed by atoms with Crippen LogP contribution in [-0.4, -0.2) is 24.0 Å². The Kier molecular flexibility index (Phi) is 4.36. The van der Waals surface area contributed by atoms with Crippen molar-refractivity contribution in [1.29, 1.82) is 0 Å². The van der Waals surface area contributed by atoms with Gasteiger partial charge in [0, 0.05) is 36.5 Å². The van der Waals surface area contributed by atoms with Crippen molar-refractivity contribution < 1.29 is 17.9 Å². The van der Waals surface area contributed by atoms with Gasteiger partial charge in [-0.3, -0.25) is 4.98 Å². The van der Waals surface area contributed by atoms with E-state index >= 15 is 0 Å². The first-order chi connectivity index (χ1) is 11.4. The van der Waals surface area contributed by atoms with Gasteiger partial charge in [0.25, 0.3) is 12.4 Å². The van der Waals surface area contributed by atoms with Crippen molar-refractivity contribution in [2.45, 2.75) is 18.4 Å². The van der Waals surface area contributed by atoms with Crippen LogP contribution >= 0.6 is 11.6 Å². The van der Waals surface area contributed by atoms with Crippen molar-refractivity contribution in [1.82, 2.24) is 4.98 Å². The van der Waals surface area contributed by atoms with Crippen LogP contribution in [-0.2, 0) is 10.3 Å². The lowest BCUT2D eigenvalue weighted by atomic mass is 9.87. The van der Waals surface area contributed by atoms with Crippen molar-refractivity contribution >= 4 is 17.6 Å². The summed E-state index contributed by atoms with van der Waals surface area (Å²) in [5, 5.41) is 0.382. The van der Waals surface area contributed by atoms with Gasteiger partial charge in [0.2, 0.25) is 5.60 Å². The smallest absolute Gasteiger partial charge is 0.283 e. The number of hydrogen-bond donors (Lipinski definition) is 1. The van der Waals surface area contributed by atoms with Gasteiger partial charge in [0.15, 0.2) is 0 Å². The van der Waals surface area contributed by atoms with E-state index in [4.69, 9.17) is 22.1 Å². The maximum atomic E-state index is 14.3. The number of pyridine rings is 1. The average Bonchev–Trinajstić information content (AvgIpc) is 2.55. The molecule has 0 fully saturated rings. The van der Waals surface area contributed by atoms with E-state index in [1.165, 1.54) is 24.5 Å². The normalized spacial score (nSPS) is 20.6. The summed E-state index contributed by atoms with van der Waals surface area (Å²) in [6.45, 7) is 0.0264. The monoisotopic (exact) mass is 355 g/mol. The first-order valence-electron chi connectivity index (χ1n) is 7.10. The number of aromatic nitrogens is 1. The van der Waals surface area contributed by atoms with E-state index in [1.54, 1.807) is 6.07 Å². The van der Waals surface area contributed by atoms with Crippen LogP contribution in [0, 0.1) is 5.82 Å². The second-order valence-corrected chi connectivity index (χ2v) is 5.79. The van der Waals surface area contributed by atoms with Crippen LogP contribution < -0.4 is 5.73 Å². The van der Waals surface area contributed by atoms with Gasteiger partial charge in [-0.25, -0.2) is 18.2 Å². The van der Waals surface area contributed by atoms with E-state index in [0.717, 1.165) is 6.07 Å². The summed E-state index contributed by atoms with van der Waals surface area (Å²) in [5.74, 6) is -0.802. The molecular weight excluding hydrogens is 343 g/mol. The van der Waals surface area contributed by atoms with Crippen LogP contribution in [0.15, 0.2) is 41.7 Å². The predicted molar refractivity (Wildman–Crippen MR) is 84.5 cm³/mol. The third kappa shape index (κ3) is 2.91. The predicted octanol–water partition coefficient (Wildman–Crippen LogP) is 3.74. The van der Waals surface area contributed by atoms with Gasteiger partial charge >= 0.3 is 0 Å². The molecule has 1 aromatic carbocycles. The van der Waals surface area contributed by atoms with Gasteiger partial charge in [-0.15, -0.1) is 0 Å². The lowest BCUT2D eigenvalue weighted by Crippen LogP contribution is -2.45. The van der Waals surface area contributed by atoms with E-state index in [2.05, 4.69) is 9.98 Å². The fraction of sp³-hybridized carbons (Fsp3) is 0.250. The third-order valence-corrected chi connectivity index (χ3v) is 4.06. The average molecular weight is 356 g/mol. The number of halogens is 4. The Morgan fingerprint density at radius 3 is 2.67 bits per heavy atom. The summed E-state index contributed by atoms with van der Waals surface area (Å²) in [6, 6.07) is 5.12. The molecule has 0 aliphatic carbocycles. The fourth-order valence-corrected chi connectivity index (χ4v) is 2.84. The molecular formula is C16H13ClF3N3O. The molecule has 1 aliphatic heterocycles. The molecule has 1 aromatic heterocycles. The molecule has 0 spiro atoms. The molecule has 1 aliphatic rings. The topological polar surface area (TPSA) is 60.5 Å². The van der Waals surface area contributed by atoms with Gasteiger partial charge in [-0.2, -0.15) is 0 Å². The van der Waals surface area contributed by atoms with Crippen molar-refractivity contribution in [2.24, 2.45) is 10.7 Å². The number of aliphatic imine (C=N–C) groups is 1. The lowest BCUT2D eigenvalue weighted by molar-refractivity contribution is -0.103. The van der Waals surface area contributed by atoms with E-state index in [0.29, 0.717) is 16.1 Å². The van der Waals surface area contributed by atoms with Crippen LogP contribution in [0.4, 0.5) is 13.2 Å². The minimum Gasteiger partial charge on any atom is -0.448 e. The van der Waals surface area contributed by atoms with Crippen LogP contribution in [0.3, 0.4) is 0 Å². The maximum Gasteiger partial charge on any atom is 0.283 e. The van der Waals surface area contributed by atoms with E-state index in [9.17, 15) is 13.2 Å². The Balaban J connectivity index is 2.13. The van der Waals surface area contributed by atoms with Crippen molar-refractivity contribution in [3.8, 4) is 11.1 Å². The molecule has 1 atom stereocenters. The highest BCUT2D eigenvalue weighted by molar-refractivity contribution is 6.30. The number of benzene rings is 1. The van der Waals surface area contributed by atoms with Crippen LogP contribution in [0.5, 0.6) is 0 Å². The third-order valence-electron chi connectivity index (χ3n) is 3.85. The number of amidine groups is 1.